The third kappa shape index (κ3) is 3.23. The second kappa shape index (κ2) is 6.00. The number of nitro benzene ring substituents is 1. The smallest absolute Gasteiger partial charge is 0.339 e. The number of carbonyl (C=O) groups is 1. The number of aromatic carboxylic acids is 1. The maximum absolute atomic E-state index is 10.8. The second-order valence-corrected chi connectivity index (χ2v) is 4.46. The second-order valence-electron chi connectivity index (χ2n) is 4.46. The summed E-state index contributed by atoms with van der Waals surface area (Å²) in [6.07, 6.45) is 0. The highest BCUT2D eigenvalue weighted by Gasteiger charge is 2.12. The molecule has 0 aromatic heterocycles. The van der Waals surface area contributed by atoms with E-state index in [1.807, 2.05) is 0 Å². The minimum atomic E-state index is -1.25. The molecule has 0 fully saturated rings. The molecule has 0 heterocycles. The van der Waals surface area contributed by atoms with E-state index in [0.717, 1.165) is 0 Å². The molecule has 2 aromatic carbocycles. The van der Waals surface area contributed by atoms with E-state index >= 15 is 0 Å². The number of anilines is 1. The van der Waals surface area contributed by atoms with Gasteiger partial charge in [-0.15, -0.1) is 0 Å². The van der Waals surface area contributed by atoms with Crippen LogP contribution in [-0.2, 0) is 6.54 Å². The highest BCUT2D eigenvalue weighted by molar-refractivity contribution is 5.91. The lowest BCUT2D eigenvalue weighted by Gasteiger charge is -2.09. The number of carboxylic acid groups (broad SMARTS) is 1. The van der Waals surface area contributed by atoms with Gasteiger partial charge >= 0.3 is 5.97 Å². The number of carboxylic acids is 1. The molecule has 0 aliphatic carbocycles. The van der Waals surface area contributed by atoms with Gasteiger partial charge in [-0.1, -0.05) is 0 Å². The molecule has 0 radical (unpaired) electrons. The van der Waals surface area contributed by atoms with Crippen LogP contribution in [0.4, 0.5) is 11.4 Å². The quantitative estimate of drug-likeness (QED) is 0.492. The number of hydrogen-bond acceptors (Lipinski definition) is 6. The summed E-state index contributed by atoms with van der Waals surface area (Å²) in [6, 6.07) is 7.53. The molecule has 0 aliphatic rings. The van der Waals surface area contributed by atoms with Crippen molar-refractivity contribution < 1.29 is 25.0 Å². The average Bonchev–Trinajstić information content (AvgIpc) is 2.45. The van der Waals surface area contributed by atoms with E-state index in [4.69, 9.17) is 5.11 Å². The van der Waals surface area contributed by atoms with Crippen LogP contribution in [0.2, 0.25) is 0 Å². The summed E-state index contributed by atoms with van der Waals surface area (Å²) in [6.45, 7) is 0.0688. The van der Waals surface area contributed by atoms with E-state index in [1.54, 1.807) is 0 Å². The highest BCUT2D eigenvalue weighted by atomic mass is 16.6. The maximum atomic E-state index is 10.8. The number of nitrogens with zero attached hydrogens (tertiary/aromatic N) is 1. The number of non-ortho nitro benzene ring substituents is 1. The summed E-state index contributed by atoms with van der Waals surface area (Å²) in [5, 5.41) is 41.6. The fraction of sp³-hybridized carbons (Fsp3) is 0.0714. The van der Waals surface area contributed by atoms with E-state index < -0.39 is 16.6 Å². The maximum Gasteiger partial charge on any atom is 0.339 e. The fourth-order valence-corrected chi connectivity index (χ4v) is 1.85. The van der Waals surface area contributed by atoms with E-state index in [0.29, 0.717) is 11.3 Å². The van der Waals surface area contributed by atoms with Crippen molar-refractivity contribution in [2.24, 2.45) is 0 Å². The Labute approximate surface area is 124 Å². The third-order valence-corrected chi connectivity index (χ3v) is 2.99. The average molecular weight is 304 g/mol. The van der Waals surface area contributed by atoms with Gasteiger partial charge in [-0.3, -0.25) is 10.1 Å². The lowest BCUT2D eigenvalue weighted by molar-refractivity contribution is -0.384. The Kier molecular flexibility index (Phi) is 4.12. The SMILES string of the molecule is O=C(O)c1ccc(NCc2cc([N+](=O)[O-])ccc2O)cc1O. The van der Waals surface area contributed by atoms with Crippen LogP contribution in [0.5, 0.6) is 11.5 Å². The normalized spacial score (nSPS) is 10.2. The van der Waals surface area contributed by atoms with Crippen molar-refractivity contribution in [3.63, 3.8) is 0 Å². The molecule has 114 valence electrons. The number of hydrogen-bond donors (Lipinski definition) is 4. The van der Waals surface area contributed by atoms with Crippen molar-refractivity contribution in [2.45, 2.75) is 6.54 Å². The van der Waals surface area contributed by atoms with Crippen molar-refractivity contribution >= 4 is 17.3 Å². The molecule has 2 rings (SSSR count). The lowest BCUT2D eigenvalue weighted by atomic mass is 10.1. The van der Waals surface area contributed by atoms with Crippen LogP contribution in [0.3, 0.4) is 0 Å². The zero-order chi connectivity index (χ0) is 16.3. The number of nitro groups is 1. The van der Waals surface area contributed by atoms with E-state index in [-0.39, 0.29) is 23.5 Å². The first-order valence-electron chi connectivity index (χ1n) is 6.15. The molecular formula is C14H12N2O6. The first-order chi connectivity index (χ1) is 10.4. The van der Waals surface area contributed by atoms with Gasteiger partial charge < -0.3 is 20.6 Å². The van der Waals surface area contributed by atoms with Crippen molar-refractivity contribution in [1.29, 1.82) is 0 Å². The Balaban J connectivity index is 2.16. The van der Waals surface area contributed by atoms with Crippen molar-refractivity contribution in [3.05, 3.63) is 57.6 Å². The van der Waals surface area contributed by atoms with Crippen LogP contribution in [0, 0.1) is 10.1 Å². The molecule has 8 heteroatoms. The highest BCUT2D eigenvalue weighted by Crippen LogP contribution is 2.26. The molecule has 2 aromatic rings. The molecule has 4 N–H and O–H groups in total. The Morgan fingerprint density at radius 1 is 1.14 bits per heavy atom. The fourth-order valence-electron chi connectivity index (χ4n) is 1.85. The van der Waals surface area contributed by atoms with E-state index in [2.05, 4.69) is 5.32 Å². The van der Waals surface area contributed by atoms with Crippen LogP contribution in [0.25, 0.3) is 0 Å². The van der Waals surface area contributed by atoms with Crippen LogP contribution >= 0.6 is 0 Å². The van der Waals surface area contributed by atoms with Crippen LogP contribution in [0.1, 0.15) is 15.9 Å². The number of nitrogens with one attached hydrogen (secondary N) is 1. The predicted octanol–water partition coefficient (Wildman–Crippen LogP) is 2.32. The molecule has 0 saturated carbocycles. The van der Waals surface area contributed by atoms with E-state index in [1.165, 1.54) is 36.4 Å². The van der Waals surface area contributed by atoms with Crippen LogP contribution in [-0.4, -0.2) is 26.2 Å². The molecule has 0 unspecified atom stereocenters. The van der Waals surface area contributed by atoms with Crippen molar-refractivity contribution in [1.82, 2.24) is 0 Å². The first kappa shape index (κ1) is 15.1. The van der Waals surface area contributed by atoms with E-state index in [9.17, 15) is 25.1 Å². The Morgan fingerprint density at radius 3 is 2.45 bits per heavy atom. The molecule has 22 heavy (non-hydrogen) atoms. The van der Waals surface area contributed by atoms with Gasteiger partial charge in [0.05, 0.1) is 4.92 Å². The Morgan fingerprint density at radius 2 is 1.86 bits per heavy atom. The summed E-state index contributed by atoms with van der Waals surface area (Å²) < 4.78 is 0. The Bertz CT molecular complexity index is 744. The van der Waals surface area contributed by atoms with Crippen molar-refractivity contribution in [2.75, 3.05) is 5.32 Å². The Hall–Kier alpha value is -3.29. The van der Waals surface area contributed by atoms with Gasteiger partial charge in [0.2, 0.25) is 0 Å². The van der Waals surface area contributed by atoms with Crippen LogP contribution < -0.4 is 5.32 Å². The van der Waals surface area contributed by atoms with Gasteiger partial charge in [-0.05, 0) is 18.2 Å². The van der Waals surface area contributed by atoms with Crippen molar-refractivity contribution in [3.8, 4) is 11.5 Å². The zero-order valence-electron chi connectivity index (χ0n) is 11.2. The van der Waals surface area contributed by atoms with Gasteiger partial charge in [-0.25, -0.2) is 4.79 Å². The summed E-state index contributed by atoms with van der Waals surface area (Å²) in [4.78, 5) is 20.9. The molecule has 0 bridgehead atoms. The molecule has 0 spiro atoms. The lowest BCUT2D eigenvalue weighted by Crippen LogP contribution is -2.02. The topological polar surface area (TPSA) is 133 Å². The third-order valence-electron chi connectivity index (χ3n) is 2.99. The molecule has 0 aliphatic heterocycles. The molecular weight excluding hydrogens is 292 g/mol. The standard InChI is InChI=1S/C14H12N2O6/c17-12-4-2-10(16(21)22)5-8(12)7-15-9-1-3-11(14(19)20)13(18)6-9/h1-6,15,17-18H,7H2,(H,19,20). The van der Waals surface area contributed by atoms with Gasteiger partial charge in [-0.2, -0.15) is 0 Å². The zero-order valence-corrected chi connectivity index (χ0v) is 11.2. The number of rotatable bonds is 5. The number of benzene rings is 2. The number of phenols is 2. The molecule has 8 nitrogen and oxygen atoms in total. The van der Waals surface area contributed by atoms with Crippen LogP contribution in [0.15, 0.2) is 36.4 Å². The minimum absolute atomic E-state index is 0.0688. The van der Waals surface area contributed by atoms with Gasteiger partial charge in [0, 0.05) is 36.0 Å². The largest absolute Gasteiger partial charge is 0.508 e. The predicted molar refractivity (Wildman–Crippen MR) is 77.2 cm³/mol. The summed E-state index contributed by atoms with van der Waals surface area (Å²) in [5.41, 5.74) is 0.326. The molecule has 0 amide bonds. The van der Waals surface area contributed by atoms with Gasteiger partial charge in [0.15, 0.2) is 0 Å². The summed E-state index contributed by atoms with van der Waals surface area (Å²) in [5.74, 6) is -1.76. The number of aromatic hydroxyl groups is 2. The first-order valence-corrected chi connectivity index (χ1v) is 6.15. The number of phenolic OH excluding ortho intramolecular Hbond substituents is 1. The monoisotopic (exact) mass is 304 g/mol. The van der Waals surface area contributed by atoms with Gasteiger partial charge in [0.25, 0.3) is 5.69 Å². The molecule has 0 saturated heterocycles. The summed E-state index contributed by atoms with van der Waals surface area (Å²) >= 11 is 0. The minimum Gasteiger partial charge on any atom is -0.508 e. The van der Waals surface area contributed by atoms with Gasteiger partial charge in [0.1, 0.15) is 17.1 Å². The summed E-state index contributed by atoms with van der Waals surface area (Å²) in [7, 11) is 0. The molecule has 0 atom stereocenters.